The quantitative estimate of drug-likeness (QED) is 0.897. The zero-order valence-electron chi connectivity index (χ0n) is 11.6. The zero-order valence-corrected chi connectivity index (χ0v) is 11.6. The summed E-state index contributed by atoms with van der Waals surface area (Å²) < 4.78 is 0. The van der Waals surface area contributed by atoms with E-state index in [2.05, 4.69) is 37.1 Å². The molecule has 1 heterocycles. The van der Waals surface area contributed by atoms with E-state index in [0.717, 1.165) is 23.1 Å². The number of hydrogen-bond acceptors (Lipinski definition) is 3. The van der Waals surface area contributed by atoms with Crippen molar-refractivity contribution >= 4 is 16.7 Å². The van der Waals surface area contributed by atoms with Crippen LogP contribution in [0.25, 0.3) is 10.9 Å². The second kappa shape index (κ2) is 5.71. The number of nitriles is 1. The van der Waals surface area contributed by atoms with Gasteiger partial charge in [0.2, 0.25) is 0 Å². The molecule has 3 nitrogen and oxygen atoms in total. The standard InChI is InChI=1S/C16H19N3/c1-11(2)8-12(3)18-16-9-13(10-17)14-6-4-5-7-15(14)19-16/h4-7,9,11-12H,8H2,1-3H3,(H,18,19). The molecule has 1 aromatic carbocycles. The molecular weight excluding hydrogens is 234 g/mol. The molecule has 0 saturated heterocycles. The molecule has 0 radical (unpaired) electrons. The fourth-order valence-electron chi connectivity index (χ4n) is 2.36. The lowest BCUT2D eigenvalue weighted by atomic mass is 10.1. The van der Waals surface area contributed by atoms with E-state index in [1.54, 1.807) is 0 Å². The molecule has 3 heteroatoms. The van der Waals surface area contributed by atoms with Crippen LogP contribution in [0.1, 0.15) is 32.8 Å². The van der Waals surface area contributed by atoms with E-state index in [4.69, 9.17) is 0 Å². The van der Waals surface area contributed by atoms with Gasteiger partial charge in [0.25, 0.3) is 0 Å². The van der Waals surface area contributed by atoms with Crippen molar-refractivity contribution in [3.8, 4) is 6.07 Å². The molecule has 0 saturated carbocycles. The summed E-state index contributed by atoms with van der Waals surface area (Å²) in [5, 5.41) is 13.5. The zero-order chi connectivity index (χ0) is 13.8. The van der Waals surface area contributed by atoms with Crippen LogP contribution in [-0.4, -0.2) is 11.0 Å². The Kier molecular flexibility index (Phi) is 4.01. The Morgan fingerprint density at radius 3 is 2.68 bits per heavy atom. The molecule has 1 atom stereocenters. The molecule has 0 spiro atoms. The molecule has 98 valence electrons. The summed E-state index contributed by atoms with van der Waals surface area (Å²) in [5.41, 5.74) is 1.53. The second-order valence-corrected chi connectivity index (χ2v) is 5.36. The summed E-state index contributed by atoms with van der Waals surface area (Å²) in [5.74, 6) is 1.42. The number of anilines is 1. The number of aromatic nitrogens is 1. The average Bonchev–Trinajstić information content (AvgIpc) is 2.36. The van der Waals surface area contributed by atoms with Crippen LogP contribution in [0.5, 0.6) is 0 Å². The van der Waals surface area contributed by atoms with Gasteiger partial charge in [0, 0.05) is 11.4 Å². The highest BCUT2D eigenvalue weighted by Gasteiger charge is 2.09. The third-order valence-corrected chi connectivity index (χ3v) is 3.06. The highest BCUT2D eigenvalue weighted by molar-refractivity contribution is 5.86. The number of nitrogens with one attached hydrogen (secondary N) is 1. The molecule has 19 heavy (non-hydrogen) atoms. The van der Waals surface area contributed by atoms with Gasteiger partial charge in [-0.05, 0) is 31.4 Å². The molecular formula is C16H19N3. The number of hydrogen-bond donors (Lipinski definition) is 1. The Labute approximate surface area is 114 Å². The van der Waals surface area contributed by atoms with Crippen molar-refractivity contribution < 1.29 is 0 Å². The first-order chi connectivity index (χ1) is 9.10. The largest absolute Gasteiger partial charge is 0.368 e. The molecule has 1 aromatic heterocycles. The van der Waals surface area contributed by atoms with Gasteiger partial charge in [-0.15, -0.1) is 0 Å². The van der Waals surface area contributed by atoms with Gasteiger partial charge in [-0.25, -0.2) is 4.98 Å². The van der Waals surface area contributed by atoms with Crippen molar-refractivity contribution in [3.63, 3.8) is 0 Å². The maximum Gasteiger partial charge on any atom is 0.128 e. The van der Waals surface area contributed by atoms with Crippen LogP contribution < -0.4 is 5.32 Å². The highest BCUT2D eigenvalue weighted by atomic mass is 15.0. The summed E-state index contributed by atoms with van der Waals surface area (Å²) in [7, 11) is 0. The maximum atomic E-state index is 9.23. The number of nitrogens with zero attached hydrogens (tertiary/aromatic N) is 2. The van der Waals surface area contributed by atoms with Crippen LogP contribution in [0.2, 0.25) is 0 Å². The molecule has 0 fully saturated rings. The van der Waals surface area contributed by atoms with E-state index in [0.29, 0.717) is 17.5 Å². The lowest BCUT2D eigenvalue weighted by Gasteiger charge is -2.17. The fourth-order valence-corrected chi connectivity index (χ4v) is 2.36. The Balaban J connectivity index is 2.32. The number of benzene rings is 1. The predicted molar refractivity (Wildman–Crippen MR) is 79.0 cm³/mol. The van der Waals surface area contributed by atoms with Crippen molar-refractivity contribution in [1.29, 1.82) is 5.26 Å². The summed E-state index contributed by atoms with van der Waals surface area (Å²) in [6, 6.07) is 12.2. The predicted octanol–water partition coefficient (Wildman–Crippen LogP) is 3.95. The minimum Gasteiger partial charge on any atom is -0.368 e. The summed E-state index contributed by atoms with van der Waals surface area (Å²) in [6.07, 6.45) is 1.08. The molecule has 0 bridgehead atoms. The first kappa shape index (κ1) is 13.4. The second-order valence-electron chi connectivity index (χ2n) is 5.36. The monoisotopic (exact) mass is 253 g/mol. The van der Waals surface area contributed by atoms with Crippen LogP contribution in [0.4, 0.5) is 5.82 Å². The first-order valence-corrected chi connectivity index (χ1v) is 6.66. The van der Waals surface area contributed by atoms with E-state index < -0.39 is 0 Å². The van der Waals surface area contributed by atoms with Crippen LogP contribution in [0.15, 0.2) is 30.3 Å². The van der Waals surface area contributed by atoms with Crippen LogP contribution in [0, 0.1) is 17.2 Å². The topological polar surface area (TPSA) is 48.7 Å². The Bertz CT molecular complexity index is 611. The van der Waals surface area contributed by atoms with E-state index >= 15 is 0 Å². The van der Waals surface area contributed by atoms with E-state index in [1.165, 1.54) is 0 Å². The molecule has 0 aliphatic heterocycles. The number of rotatable bonds is 4. The van der Waals surface area contributed by atoms with Gasteiger partial charge < -0.3 is 5.32 Å². The normalized spacial score (nSPS) is 12.4. The smallest absolute Gasteiger partial charge is 0.128 e. The Morgan fingerprint density at radius 2 is 2.00 bits per heavy atom. The Morgan fingerprint density at radius 1 is 1.26 bits per heavy atom. The summed E-state index contributed by atoms with van der Waals surface area (Å²) in [4.78, 5) is 4.57. The summed E-state index contributed by atoms with van der Waals surface area (Å²) in [6.45, 7) is 6.54. The van der Waals surface area contributed by atoms with Crippen molar-refractivity contribution in [2.24, 2.45) is 5.92 Å². The molecule has 1 N–H and O–H groups in total. The van der Waals surface area contributed by atoms with E-state index in [1.807, 2.05) is 30.3 Å². The average molecular weight is 253 g/mol. The van der Waals surface area contributed by atoms with Crippen LogP contribution in [0.3, 0.4) is 0 Å². The molecule has 0 aliphatic rings. The maximum absolute atomic E-state index is 9.23. The van der Waals surface area contributed by atoms with Crippen LogP contribution >= 0.6 is 0 Å². The number of fused-ring (bicyclic) bond motifs is 1. The molecule has 0 amide bonds. The van der Waals surface area contributed by atoms with Gasteiger partial charge in [-0.2, -0.15) is 5.26 Å². The lowest BCUT2D eigenvalue weighted by Crippen LogP contribution is -2.18. The van der Waals surface area contributed by atoms with Gasteiger partial charge in [-0.1, -0.05) is 32.0 Å². The van der Waals surface area contributed by atoms with Gasteiger partial charge >= 0.3 is 0 Å². The highest BCUT2D eigenvalue weighted by Crippen LogP contribution is 2.21. The number of pyridine rings is 1. The van der Waals surface area contributed by atoms with Crippen molar-refractivity contribution in [2.45, 2.75) is 33.2 Å². The molecule has 2 aromatic rings. The molecule has 0 aliphatic carbocycles. The van der Waals surface area contributed by atoms with Crippen LogP contribution in [-0.2, 0) is 0 Å². The van der Waals surface area contributed by atoms with Gasteiger partial charge in [0.1, 0.15) is 5.82 Å². The third-order valence-electron chi connectivity index (χ3n) is 3.06. The minimum atomic E-state index is 0.347. The number of para-hydroxylation sites is 1. The van der Waals surface area contributed by atoms with Gasteiger partial charge in [-0.3, -0.25) is 0 Å². The van der Waals surface area contributed by atoms with Crippen molar-refractivity contribution in [3.05, 3.63) is 35.9 Å². The van der Waals surface area contributed by atoms with E-state index in [9.17, 15) is 5.26 Å². The third kappa shape index (κ3) is 3.23. The van der Waals surface area contributed by atoms with Gasteiger partial charge in [0.05, 0.1) is 17.1 Å². The lowest BCUT2D eigenvalue weighted by molar-refractivity contribution is 0.539. The Hall–Kier alpha value is -2.08. The molecule has 2 rings (SSSR count). The SMILES string of the molecule is CC(C)CC(C)Nc1cc(C#N)c2ccccc2n1. The van der Waals surface area contributed by atoms with Crippen molar-refractivity contribution in [1.82, 2.24) is 4.98 Å². The first-order valence-electron chi connectivity index (χ1n) is 6.66. The fraction of sp³-hybridized carbons (Fsp3) is 0.375. The minimum absolute atomic E-state index is 0.347. The van der Waals surface area contributed by atoms with Gasteiger partial charge in [0.15, 0.2) is 0 Å². The van der Waals surface area contributed by atoms with E-state index in [-0.39, 0.29) is 0 Å². The van der Waals surface area contributed by atoms with Crippen molar-refractivity contribution in [2.75, 3.05) is 5.32 Å². The summed E-state index contributed by atoms with van der Waals surface area (Å²) >= 11 is 0. The molecule has 1 unspecified atom stereocenters.